The Labute approximate surface area is 229 Å². The molecule has 0 aliphatic heterocycles. The molecule has 0 radical (unpaired) electrons. The van der Waals surface area contributed by atoms with E-state index in [1.54, 1.807) is 42.5 Å². The van der Waals surface area contributed by atoms with Gasteiger partial charge in [0.05, 0.1) is 27.2 Å². The van der Waals surface area contributed by atoms with E-state index in [0.29, 0.717) is 11.5 Å². The second-order valence-electron chi connectivity index (χ2n) is 10.6. The lowest BCUT2D eigenvalue weighted by molar-refractivity contribution is -0.0540. The fourth-order valence-electron chi connectivity index (χ4n) is 3.68. The van der Waals surface area contributed by atoms with Gasteiger partial charge < -0.3 is 14.2 Å². The van der Waals surface area contributed by atoms with Crippen LogP contribution in [0.1, 0.15) is 41.5 Å². The van der Waals surface area contributed by atoms with Crippen LogP contribution >= 0.6 is 10.3 Å². The molecular formula is C28H34F3O6S2+. The Morgan fingerprint density at radius 2 is 1.08 bits per heavy atom. The van der Waals surface area contributed by atoms with Crippen molar-refractivity contribution in [1.29, 1.82) is 0 Å². The minimum Gasteiger partial charge on any atom is -0.495 e. The smallest absolute Gasteiger partial charge is 0.495 e. The van der Waals surface area contributed by atoms with Crippen LogP contribution in [0.3, 0.4) is 0 Å². The molecule has 0 saturated carbocycles. The van der Waals surface area contributed by atoms with Crippen molar-refractivity contribution in [2.24, 2.45) is 0 Å². The van der Waals surface area contributed by atoms with Crippen molar-refractivity contribution in [3.63, 3.8) is 0 Å². The zero-order chi connectivity index (χ0) is 29.3. The molecule has 0 unspecified atom stereocenters. The average Bonchev–Trinajstić information content (AvgIpc) is 2.81. The number of alkyl halides is 3. The molecule has 3 aromatic rings. The second-order valence-corrected chi connectivity index (χ2v) is 15.1. The van der Waals surface area contributed by atoms with E-state index in [-0.39, 0.29) is 20.4 Å². The summed E-state index contributed by atoms with van der Waals surface area (Å²) < 4.78 is 88.0. The first-order valence-electron chi connectivity index (χ1n) is 12.0. The Balaban J connectivity index is 2.37. The van der Waals surface area contributed by atoms with Crippen molar-refractivity contribution in [1.82, 2.24) is 0 Å². The average molecular weight is 588 g/mol. The monoisotopic (exact) mass is 587 g/mol. The highest BCUT2D eigenvalue weighted by Gasteiger charge is 2.58. The van der Waals surface area contributed by atoms with Crippen molar-refractivity contribution in [3.8, 4) is 17.2 Å². The number of methoxy groups -OCH3 is 1. The van der Waals surface area contributed by atoms with Crippen LogP contribution < -0.4 is 14.2 Å². The molecule has 0 aliphatic rings. The van der Waals surface area contributed by atoms with Gasteiger partial charge in [-0.3, -0.25) is 3.63 Å². The lowest BCUT2D eigenvalue weighted by Gasteiger charge is -2.36. The lowest BCUT2D eigenvalue weighted by atomic mass is 10.2. The van der Waals surface area contributed by atoms with Gasteiger partial charge in [-0.2, -0.15) is 13.2 Å². The number of benzene rings is 3. The highest BCUT2D eigenvalue weighted by Crippen LogP contribution is 2.71. The molecule has 3 rings (SSSR count). The number of halogens is 3. The van der Waals surface area contributed by atoms with Gasteiger partial charge in [-0.1, -0.05) is 12.1 Å². The van der Waals surface area contributed by atoms with Gasteiger partial charge in [-0.15, -0.1) is 8.42 Å². The fourth-order valence-corrected chi connectivity index (χ4v) is 8.77. The summed E-state index contributed by atoms with van der Waals surface area (Å²) >= 11 is 0. The van der Waals surface area contributed by atoms with Crippen LogP contribution in [0.4, 0.5) is 13.2 Å². The van der Waals surface area contributed by atoms with Crippen LogP contribution in [0, 0.1) is 0 Å². The molecule has 3 aromatic carbocycles. The lowest BCUT2D eigenvalue weighted by Crippen LogP contribution is -2.30. The minimum absolute atomic E-state index is 0.189. The molecule has 39 heavy (non-hydrogen) atoms. The highest BCUT2D eigenvalue weighted by atomic mass is 32.3. The summed E-state index contributed by atoms with van der Waals surface area (Å²) in [7, 11) is -8.05. The van der Waals surface area contributed by atoms with E-state index >= 15 is 0 Å². The first-order valence-corrected chi connectivity index (χ1v) is 15.0. The fraction of sp³-hybridized carbons (Fsp3) is 0.357. The van der Waals surface area contributed by atoms with Crippen LogP contribution in [0.15, 0.2) is 87.5 Å². The summed E-state index contributed by atoms with van der Waals surface area (Å²) in [6.07, 6.45) is 0. The molecule has 0 aromatic heterocycles. The molecule has 0 amide bonds. The molecule has 0 aliphatic carbocycles. The van der Waals surface area contributed by atoms with Crippen LogP contribution in [0.25, 0.3) is 0 Å². The first-order chi connectivity index (χ1) is 17.9. The zero-order valence-corrected chi connectivity index (χ0v) is 24.5. The maximum atomic E-state index is 13.9. The number of para-hydroxylation sites is 1. The van der Waals surface area contributed by atoms with Crippen molar-refractivity contribution in [3.05, 3.63) is 72.8 Å². The largest absolute Gasteiger partial charge is 0.572 e. The van der Waals surface area contributed by atoms with Crippen molar-refractivity contribution in [2.75, 3.05) is 7.11 Å². The molecule has 0 saturated heterocycles. The summed E-state index contributed by atoms with van der Waals surface area (Å²) in [5.41, 5.74) is -6.67. The van der Waals surface area contributed by atoms with Crippen LogP contribution in [-0.4, -0.2) is 35.9 Å². The molecule has 0 fully saturated rings. The molecule has 214 valence electrons. The Bertz CT molecular complexity index is 1310. The molecule has 0 atom stereocenters. The van der Waals surface area contributed by atoms with E-state index < -0.39 is 37.1 Å². The van der Waals surface area contributed by atoms with Gasteiger partial charge in [0.25, 0.3) is 0 Å². The first kappa shape index (κ1) is 30.6. The van der Waals surface area contributed by atoms with Gasteiger partial charge in [0.2, 0.25) is 0 Å². The van der Waals surface area contributed by atoms with E-state index in [1.807, 2.05) is 41.5 Å². The Morgan fingerprint density at radius 1 is 0.667 bits per heavy atom. The maximum absolute atomic E-state index is 13.9. The molecule has 0 spiro atoms. The number of ether oxygens (including phenoxy) is 3. The summed E-state index contributed by atoms with van der Waals surface area (Å²) in [6.45, 7) is 11.2. The Hall–Kier alpha value is -2.89. The maximum Gasteiger partial charge on any atom is 0.572 e. The van der Waals surface area contributed by atoms with E-state index in [0.717, 1.165) is 0 Å². The third-order valence-electron chi connectivity index (χ3n) is 5.07. The molecule has 0 heterocycles. The summed E-state index contributed by atoms with van der Waals surface area (Å²) in [5.74, 6) is 1.12. The van der Waals surface area contributed by atoms with E-state index in [2.05, 4.69) is 3.63 Å². The van der Waals surface area contributed by atoms with Gasteiger partial charge in [0.1, 0.15) is 33.3 Å². The Morgan fingerprint density at radius 3 is 1.44 bits per heavy atom. The zero-order valence-electron chi connectivity index (χ0n) is 22.9. The number of rotatable bonds is 8. The van der Waals surface area contributed by atoms with Gasteiger partial charge in [-0.05, 0) is 102 Å². The van der Waals surface area contributed by atoms with Crippen LogP contribution in [-0.2, 0) is 10.1 Å². The summed E-state index contributed by atoms with van der Waals surface area (Å²) in [4.78, 5) is 0.672. The second kappa shape index (κ2) is 10.9. The van der Waals surface area contributed by atoms with E-state index in [1.165, 1.54) is 37.4 Å². The predicted octanol–water partition coefficient (Wildman–Crippen LogP) is 8.19. The highest BCUT2D eigenvalue weighted by molar-refractivity contribution is 8.32. The third-order valence-corrected chi connectivity index (χ3v) is 10.2. The minimum atomic E-state index is -5.96. The SMILES string of the molecule is COc1ccccc1S([OH+]S(=O)(=O)C(F)(F)F)(c1ccc(OC(C)(C)C)cc1)c1ccc(OC(C)(C)C)cc1. The third kappa shape index (κ3) is 7.20. The topological polar surface area (TPSA) is 74.6 Å². The molecule has 0 bridgehead atoms. The quantitative estimate of drug-likeness (QED) is 0.151. The molecule has 6 nitrogen and oxygen atoms in total. The van der Waals surface area contributed by atoms with E-state index in [4.69, 9.17) is 14.2 Å². The van der Waals surface area contributed by atoms with Crippen molar-refractivity contribution < 1.29 is 39.4 Å². The molecular weight excluding hydrogens is 553 g/mol. The van der Waals surface area contributed by atoms with Gasteiger partial charge in [-0.25, -0.2) is 0 Å². The standard InChI is InChI=1S/C28H33F3O6S2/c1-26(2,3)35-20-12-16-22(17-13-20)38(37-39(32,33)28(29,30)31,25-11-9-8-10-24(25)34-7)23-18-14-21(15-19-23)36-27(4,5)6/h8-19H,1-7H3/p+1. The Kier molecular flexibility index (Phi) is 8.60. The van der Waals surface area contributed by atoms with Gasteiger partial charge >= 0.3 is 15.6 Å². The van der Waals surface area contributed by atoms with Crippen molar-refractivity contribution in [2.45, 2.75) is 72.9 Å². The van der Waals surface area contributed by atoms with Gasteiger partial charge in [0.15, 0.2) is 0 Å². The summed E-state index contributed by atoms with van der Waals surface area (Å²) in [6, 6.07) is 18.8. The molecule has 11 heteroatoms. The number of hydrogen-bond acceptors (Lipinski definition) is 5. The summed E-state index contributed by atoms with van der Waals surface area (Å²) in [5, 5.41) is 0. The van der Waals surface area contributed by atoms with E-state index in [9.17, 15) is 21.6 Å². The van der Waals surface area contributed by atoms with Crippen LogP contribution in [0.5, 0.6) is 17.2 Å². The number of hydrogen-bond donors (Lipinski definition) is 0. The van der Waals surface area contributed by atoms with Crippen molar-refractivity contribution >= 4 is 20.4 Å². The van der Waals surface area contributed by atoms with Gasteiger partial charge in [0, 0.05) is 0 Å². The predicted molar refractivity (Wildman–Crippen MR) is 147 cm³/mol. The van der Waals surface area contributed by atoms with Crippen LogP contribution in [0.2, 0.25) is 0 Å². The normalized spacial score (nSPS) is 13.6. The molecule has 1 N–H and O–H groups in total.